The lowest BCUT2D eigenvalue weighted by atomic mass is 10.3. The predicted molar refractivity (Wildman–Crippen MR) is 57.4 cm³/mol. The Morgan fingerprint density at radius 3 is 2.86 bits per heavy atom. The van der Waals surface area contributed by atoms with E-state index >= 15 is 0 Å². The molecule has 1 rings (SSSR count). The lowest BCUT2D eigenvalue weighted by molar-refractivity contribution is -0.115. The zero-order chi connectivity index (χ0) is 10.6. The number of amides is 1. The van der Waals surface area contributed by atoms with Crippen LogP contribution in [0.5, 0.6) is 0 Å². The van der Waals surface area contributed by atoms with Gasteiger partial charge < -0.3 is 10.6 Å². The summed E-state index contributed by atoms with van der Waals surface area (Å²) in [5.74, 6) is -0.00212. The fraction of sp³-hybridized carbons (Fsp3) is 0.400. The molecular formula is C10H15N3O. The Morgan fingerprint density at radius 1 is 1.57 bits per heavy atom. The maximum absolute atomic E-state index is 11.1. The Hall–Kier alpha value is -1.58. The second-order valence-corrected chi connectivity index (χ2v) is 3.01. The number of anilines is 2. The molecule has 76 valence electrons. The molecule has 0 bridgehead atoms. The predicted octanol–water partition coefficient (Wildman–Crippen LogP) is 1.78. The highest BCUT2D eigenvalue weighted by Gasteiger charge is 2.02. The van der Waals surface area contributed by atoms with Gasteiger partial charge in [0.05, 0.1) is 23.3 Å². The molecule has 1 amide bonds. The normalized spacial score (nSPS) is 9.64. The first-order chi connectivity index (χ1) is 6.67. The summed E-state index contributed by atoms with van der Waals surface area (Å²) in [5.41, 5.74) is 2.58. The lowest BCUT2D eigenvalue weighted by Gasteiger charge is -2.07. The number of rotatable bonds is 3. The van der Waals surface area contributed by atoms with Gasteiger partial charge in [-0.1, -0.05) is 6.92 Å². The minimum absolute atomic E-state index is 0.00212. The van der Waals surface area contributed by atoms with E-state index in [-0.39, 0.29) is 5.91 Å². The maximum atomic E-state index is 11.1. The molecule has 1 aromatic rings. The monoisotopic (exact) mass is 193 g/mol. The average Bonchev–Trinajstić information content (AvgIpc) is 2.20. The highest BCUT2D eigenvalue weighted by molar-refractivity contribution is 5.90. The van der Waals surface area contributed by atoms with Crippen molar-refractivity contribution in [1.29, 1.82) is 0 Å². The van der Waals surface area contributed by atoms with Crippen molar-refractivity contribution < 1.29 is 4.79 Å². The number of hydrogen-bond donors (Lipinski definition) is 2. The molecule has 0 unspecified atom stereocenters. The number of pyridine rings is 1. The third kappa shape index (κ3) is 2.45. The topological polar surface area (TPSA) is 54.0 Å². The Kier molecular flexibility index (Phi) is 3.45. The van der Waals surface area contributed by atoms with Gasteiger partial charge in [-0.15, -0.1) is 0 Å². The molecule has 0 aliphatic heterocycles. The van der Waals surface area contributed by atoms with Gasteiger partial charge in [-0.25, -0.2) is 0 Å². The summed E-state index contributed by atoms with van der Waals surface area (Å²) in [7, 11) is 1.83. The van der Waals surface area contributed by atoms with Gasteiger partial charge in [-0.2, -0.15) is 0 Å². The molecule has 0 fully saturated rings. The fourth-order valence-electron chi connectivity index (χ4n) is 1.10. The molecule has 0 atom stereocenters. The summed E-state index contributed by atoms with van der Waals surface area (Å²) < 4.78 is 0. The molecule has 4 nitrogen and oxygen atoms in total. The summed E-state index contributed by atoms with van der Waals surface area (Å²) in [6.45, 7) is 3.73. The highest BCUT2D eigenvalue weighted by atomic mass is 16.1. The molecule has 1 heterocycles. The molecule has 0 aliphatic rings. The van der Waals surface area contributed by atoms with E-state index in [1.54, 1.807) is 6.20 Å². The summed E-state index contributed by atoms with van der Waals surface area (Å²) in [4.78, 5) is 15.3. The quantitative estimate of drug-likeness (QED) is 0.769. The van der Waals surface area contributed by atoms with Gasteiger partial charge in [-0.3, -0.25) is 9.78 Å². The number of carbonyl (C=O) groups excluding carboxylic acids is 1. The molecule has 0 spiro atoms. The third-order valence-corrected chi connectivity index (χ3v) is 1.96. The van der Waals surface area contributed by atoms with Crippen molar-refractivity contribution >= 4 is 17.3 Å². The smallest absolute Gasteiger partial charge is 0.224 e. The standard InChI is InChI=1S/C10H15N3O/c1-4-10(14)13-8-5-9(11-3)7(2)12-6-8/h5-6,11H,4H2,1-3H3,(H,13,14). The first-order valence-corrected chi connectivity index (χ1v) is 4.61. The zero-order valence-corrected chi connectivity index (χ0v) is 8.72. The van der Waals surface area contributed by atoms with Crippen LogP contribution >= 0.6 is 0 Å². The second kappa shape index (κ2) is 4.60. The number of nitrogens with zero attached hydrogens (tertiary/aromatic N) is 1. The van der Waals surface area contributed by atoms with Crippen LogP contribution in [0, 0.1) is 6.92 Å². The minimum atomic E-state index is -0.00212. The fourth-order valence-corrected chi connectivity index (χ4v) is 1.10. The summed E-state index contributed by atoms with van der Waals surface area (Å²) >= 11 is 0. The van der Waals surface area contributed by atoms with Crippen molar-refractivity contribution in [2.45, 2.75) is 20.3 Å². The molecule has 1 aromatic heterocycles. The van der Waals surface area contributed by atoms with Crippen LogP contribution < -0.4 is 10.6 Å². The first kappa shape index (κ1) is 10.5. The minimum Gasteiger partial charge on any atom is -0.387 e. The molecule has 4 heteroatoms. The molecule has 0 saturated carbocycles. The summed E-state index contributed by atoms with van der Waals surface area (Å²) in [5, 5.41) is 5.77. The van der Waals surface area contributed by atoms with E-state index < -0.39 is 0 Å². The van der Waals surface area contributed by atoms with Gasteiger partial charge in [0.2, 0.25) is 5.91 Å². The third-order valence-electron chi connectivity index (χ3n) is 1.96. The SMILES string of the molecule is CCC(=O)Nc1cnc(C)c(NC)c1. The van der Waals surface area contributed by atoms with Gasteiger partial charge >= 0.3 is 0 Å². The molecule has 0 aromatic carbocycles. The summed E-state index contributed by atoms with van der Waals surface area (Å²) in [6.07, 6.45) is 2.13. The number of aromatic nitrogens is 1. The number of carbonyl (C=O) groups is 1. The van der Waals surface area contributed by atoms with Gasteiger partial charge in [0.15, 0.2) is 0 Å². The van der Waals surface area contributed by atoms with Crippen molar-refractivity contribution in [2.75, 3.05) is 17.7 Å². The second-order valence-electron chi connectivity index (χ2n) is 3.01. The molecule has 0 aliphatic carbocycles. The molecule has 2 N–H and O–H groups in total. The average molecular weight is 193 g/mol. The molecular weight excluding hydrogens is 178 g/mol. The molecule has 0 saturated heterocycles. The van der Waals surface area contributed by atoms with Crippen molar-refractivity contribution in [3.63, 3.8) is 0 Å². The lowest BCUT2D eigenvalue weighted by Crippen LogP contribution is -2.10. The van der Waals surface area contributed by atoms with E-state index in [9.17, 15) is 4.79 Å². The number of nitrogens with one attached hydrogen (secondary N) is 2. The van der Waals surface area contributed by atoms with Crippen LogP contribution in [0.15, 0.2) is 12.3 Å². The molecule has 0 radical (unpaired) electrons. The maximum Gasteiger partial charge on any atom is 0.224 e. The first-order valence-electron chi connectivity index (χ1n) is 4.61. The highest BCUT2D eigenvalue weighted by Crippen LogP contribution is 2.16. The zero-order valence-electron chi connectivity index (χ0n) is 8.72. The van der Waals surface area contributed by atoms with Gasteiger partial charge in [0.1, 0.15) is 0 Å². The molecule has 14 heavy (non-hydrogen) atoms. The van der Waals surface area contributed by atoms with Gasteiger partial charge in [0.25, 0.3) is 0 Å². The van der Waals surface area contributed by atoms with Crippen molar-refractivity contribution in [1.82, 2.24) is 4.98 Å². The number of hydrogen-bond acceptors (Lipinski definition) is 3. The van der Waals surface area contributed by atoms with Crippen LogP contribution in [0.4, 0.5) is 11.4 Å². The Balaban J connectivity index is 2.84. The Labute approximate surface area is 83.7 Å². The number of aryl methyl sites for hydroxylation is 1. The van der Waals surface area contributed by atoms with Crippen LogP contribution in [0.25, 0.3) is 0 Å². The van der Waals surface area contributed by atoms with Crippen LogP contribution in [0.2, 0.25) is 0 Å². The Bertz CT molecular complexity index is 336. The van der Waals surface area contributed by atoms with E-state index in [1.807, 2.05) is 27.0 Å². The van der Waals surface area contributed by atoms with E-state index in [1.165, 1.54) is 0 Å². The Morgan fingerprint density at radius 2 is 2.29 bits per heavy atom. The van der Waals surface area contributed by atoms with Crippen LogP contribution in [-0.4, -0.2) is 17.9 Å². The van der Waals surface area contributed by atoms with Crippen LogP contribution in [0.3, 0.4) is 0 Å². The van der Waals surface area contributed by atoms with Gasteiger partial charge in [-0.05, 0) is 13.0 Å². The van der Waals surface area contributed by atoms with E-state index in [0.29, 0.717) is 6.42 Å². The van der Waals surface area contributed by atoms with Crippen LogP contribution in [-0.2, 0) is 4.79 Å². The van der Waals surface area contributed by atoms with E-state index in [0.717, 1.165) is 17.1 Å². The van der Waals surface area contributed by atoms with E-state index in [4.69, 9.17) is 0 Å². The van der Waals surface area contributed by atoms with Crippen molar-refractivity contribution in [3.05, 3.63) is 18.0 Å². The van der Waals surface area contributed by atoms with Gasteiger partial charge in [0, 0.05) is 13.5 Å². The van der Waals surface area contributed by atoms with Crippen LogP contribution in [0.1, 0.15) is 19.0 Å². The largest absolute Gasteiger partial charge is 0.387 e. The van der Waals surface area contributed by atoms with Crippen molar-refractivity contribution in [2.24, 2.45) is 0 Å². The van der Waals surface area contributed by atoms with Crippen molar-refractivity contribution in [3.8, 4) is 0 Å². The summed E-state index contributed by atoms with van der Waals surface area (Å²) in [6, 6.07) is 1.87. The van der Waals surface area contributed by atoms with E-state index in [2.05, 4.69) is 15.6 Å².